The lowest BCUT2D eigenvalue weighted by Gasteiger charge is -2.26. The molecule has 2 N–H and O–H groups in total. The van der Waals surface area contributed by atoms with E-state index in [4.69, 9.17) is 0 Å². The summed E-state index contributed by atoms with van der Waals surface area (Å²) in [6.07, 6.45) is 1.84. The minimum absolute atomic E-state index is 0.0197. The van der Waals surface area contributed by atoms with Crippen molar-refractivity contribution in [2.75, 3.05) is 5.75 Å². The van der Waals surface area contributed by atoms with Gasteiger partial charge >= 0.3 is 0 Å². The van der Waals surface area contributed by atoms with Crippen molar-refractivity contribution in [3.63, 3.8) is 0 Å². The molecule has 1 aliphatic heterocycles. The highest BCUT2D eigenvalue weighted by molar-refractivity contribution is 7.91. The summed E-state index contributed by atoms with van der Waals surface area (Å²) >= 11 is 0. The molecule has 1 amide bonds. The fraction of sp³-hybridized carbons (Fsp3) is 0.158. The normalized spacial score (nSPS) is 18.1. The van der Waals surface area contributed by atoms with Gasteiger partial charge in [-0.1, -0.05) is 48.5 Å². The van der Waals surface area contributed by atoms with Crippen LogP contribution in [0.4, 0.5) is 0 Å². The highest BCUT2D eigenvalue weighted by Gasteiger charge is 2.31. The van der Waals surface area contributed by atoms with Crippen molar-refractivity contribution in [2.24, 2.45) is 0 Å². The Morgan fingerprint density at radius 2 is 1.81 bits per heavy atom. The molecular formula is C19H17N3O3S. The molecule has 4 rings (SSSR count). The molecular weight excluding hydrogens is 350 g/mol. The van der Waals surface area contributed by atoms with Crippen LogP contribution in [0.2, 0.25) is 0 Å². The Morgan fingerprint density at radius 1 is 1.08 bits per heavy atom. The van der Waals surface area contributed by atoms with Crippen molar-refractivity contribution in [3.05, 3.63) is 71.9 Å². The summed E-state index contributed by atoms with van der Waals surface area (Å²) in [7, 11) is -3.29. The van der Waals surface area contributed by atoms with Crippen LogP contribution in [-0.4, -0.2) is 30.3 Å². The molecule has 3 aromatic rings. The molecule has 7 heteroatoms. The van der Waals surface area contributed by atoms with Gasteiger partial charge in [-0.05, 0) is 18.1 Å². The van der Waals surface area contributed by atoms with Crippen LogP contribution in [0.3, 0.4) is 0 Å². The highest BCUT2D eigenvalue weighted by atomic mass is 32.2. The second-order valence-electron chi connectivity index (χ2n) is 6.20. The molecule has 2 aromatic carbocycles. The SMILES string of the molecule is O=C(N[C@H]1CCS(=O)(=O)c2ccccc21)c1cn[nH]c1-c1ccccc1. The van der Waals surface area contributed by atoms with Crippen molar-refractivity contribution in [3.8, 4) is 11.3 Å². The van der Waals surface area contributed by atoms with Gasteiger partial charge < -0.3 is 5.32 Å². The maximum absolute atomic E-state index is 12.8. The molecule has 1 aliphatic rings. The third-order valence-corrected chi connectivity index (χ3v) is 6.37. The van der Waals surface area contributed by atoms with E-state index in [1.165, 1.54) is 6.20 Å². The zero-order chi connectivity index (χ0) is 18.1. The number of fused-ring (bicyclic) bond motifs is 1. The lowest BCUT2D eigenvalue weighted by molar-refractivity contribution is 0.0935. The van der Waals surface area contributed by atoms with Crippen LogP contribution in [0.5, 0.6) is 0 Å². The van der Waals surface area contributed by atoms with Gasteiger partial charge in [-0.3, -0.25) is 9.89 Å². The van der Waals surface area contributed by atoms with Crippen molar-refractivity contribution < 1.29 is 13.2 Å². The van der Waals surface area contributed by atoms with Crippen LogP contribution in [-0.2, 0) is 9.84 Å². The van der Waals surface area contributed by atoms with Gasteiger partial charge in [0.25, 0.3) is 5.91 Å². The summed E-state index contributed by atoms with van der Waals surface area (Å²) in [4.78, 5) is 13.1. The van der Waals surface area contributed by atoms with Crippen LogP contribution in [0.25, 0.3) is 11.3 Å². The Bertz CT molecular complexity index is 1060. The molecule has 1 aromatic heterocycles. The van der Waals surface area contributed by atoms with Crippen LogP contribution < -0.4 is 5.32 Å². The number of hydrogen-bond acceptors (Lipinski definition) is 4. The van der Waals surface area contributed by atoms with Gasteiger partial charge in [0.1, 0.15) is 0 Å². The number of aromatic amines is 1. The summed E-state index contributed by atoms with van der Waals surface area (Å²) in [5.41, 5.74) is 2.57. The molecule has 0 unspecified atom stereocenters. The largest absolute Gasteiger partial charge is 0.345 e. The molecule has 0 radical (unpaired) electrons. The van der Waals surface area contributed by atoms with Gasteiger partial charge in [0.2, 0.25) is 0 Å². The van der Waals surface area contributed by atoms with E-state index >= 15 is 0 Å². The lowest BCUT2D eigenvalue weighted by atomic mass is 10.0. The predicted molar refractivity (Wildman–Crippen MR) is 97.3 cm³/mol. The zero-order valence-electron chi connectivity index (χ0n) is 13.8. The molecule has 0 spiro atoms. The summed E-state index contributed by atoms with van der Waals surface area (Å²) in [5, 5.41) is 9.83. The summed E-state index contributed by atoms with van der Waals surface area (Å²) in [6, 6.07) is 16.0. The third kappa shape index (κ3) is 2.90. The van der Waals surface area contributed by atoms with Crippen LogP contribution in [0.15, 0.2) is 65.7 Å². The van der Waals surface area contributed by atoms with Gasteiger partial charge in [0.05, 0.1) is 34.1 Å². The smallest absolute Gasteiger partial charge is 0.255 e. The van der Waals surface area contributed by atoms with Crippen LogP contribution in [0.1, 0.15) is 28.4 Å². The van der Waals surface area contributed by atoms with Crippen LogP contribution in [0, 0.1) is 0 Å². The lowest BCUT2D eigenvalue weighted by Crippen LogP contribution is -2.34. The van der Waals surface area contributed by atoms with E-state index in [0.717, 1.165) is 5.56 Å². The van der Waals surface area contributed by atoms with Gasteiger partial charge in [0.15, 0.2) is 9.84 Å². The van der Waals surface area contributed by atoms with Gasteiger partial charge in [-0.25, -0.2) is 8.42 Å². The van der Waals surface area contributed by atoms with Crippen molar-refractivity contribution >= 4 is 15.7 Å². The first kappa shape index (κ1) is 16.5. The zero-order valence-corrected chi connectivity index (χ0v) is 14.7. The number of H-pyrrole nitrogens is 1. The second kappa shape index (κ2) is 6.42. The number of nitrogens with zero attached hydrogens (tertiary/aromatic N) is 1. The molecule has 1 atom stereocenters. The van der Waals surface area contributed by atoms with Crippen molar-refractivity contribution in [1.82, 2.24) is 15.5 Å². The Labute approximate surface area is 151 Å². The molecule has 0 fully saturated rings. The molecule has 0 saturated carbocycles. The maximum atomic E-state index is 12.8. The number of benzene rings is 2. The standard InChI is InChI=1S/C19H17N3O3S/c23-19(15-12-20-22-18(15)13-6-2-1-3-7-13)21-16-10-11-26(24,25)17-9-5-4-8-14(16)17/h1-9,12,16H,10-11H2,(H,20,22)(H,21,23)/t16-/m0/s1. The molecule has 2 heterocycles. The van der Waals surface area contributed by atoms with E-state index in [-0.39, 0.29) is 17.7 Å². The molecule has 132 valence electrons. The maximum Gasteiger partial charge on any atom is 0.255 e. The van der Waals surface area contributed by atoms with E-state index in [0.29, 0.717) is 28.1 Å². The molecule has 6 nitrogen and oxygen atoms in total. The number of amides is 1. The Kier molecular flexibility index (Phi) is 4.08. The van der Waals surface area contributed by atoms with E-state index < -0.39 is 9.84 Å². The Morgan fingerprint density at radius 3 is 2.62 bits per heavy atom. The number of hydrogen-bond donors (Lipinski definition) is 2. The van der Waals surface area contributed by atoms with Crippen LogP contribution >= 0.6 is 0 Å². The molecule has 0 saturated heterocycles. The van der Waals surface area contributed by atoms with E-state index in [1.54, 1.807) is 24.3 Å². The Balaban J connectivity index is 1.64. The fourth-order valence-electron chi connectivity index (χ4n) is 3.26. The Hall–Kier alpha value is -2.93. The van der Waals surface area contributed by atoms with Gasteiger partial charge in [-0.15, -0.1) is 0 Å². The molecule has 26 heavy (non-hydrogen) atoms. The number of rotatable bonds is 3. The van der Waals surface area contributed by atoms with E-state index in [1.807, 2.05) is 30.3 Å². The number of carbonyl (C=O) groups is 1. The number of sulfone groups is 1. The second-order valence-corrected chi connectivity index (χ2v) is 8.27. The first-order valence-corrected chi connectivity index (χ1v) is 9.93. The quantitative estimate of drug-likeness (QED) is 0.744. The molecule has 0 bridgehead atoms. The fourth-order valence-corrected chi connectivity index (χ4v) is 4.88. The van der Waals surface area contributed by atoms with Crippen molar-refractivity contribution in [2.45, 2.75) is 17.4 Å². The summed E-state index contributed by atoms with van der Waals surface area (Å²) < 4.78 is 24.5. The van der Waals surface area contributed by atoms with E-state index in [9.17, 15) is 13.2 Å². The predicted octanol–water partition coefficient (Wildman–Crippen LogP) is 2.73. The van der Waals surface area contributed by atoms with Crippen molar-refractivity contribution in [1.29, 1.82) is 0 Å². The molecule has 0 aliphatic carbocycles. The minimum atomic E-state index is -3.29. The third-order valence-electron chi connectivity index (χ3n) is 4.56. The van der Waals surface area contributed by atoms with Gasteiger partial charge in [0, 0.05) is 5.56 Å². The summed E-state index contributed by atoms with van der Waals surface area (Å²) in [5.74, 6) is -0.261. The number of nitrogens with one attached hydrogen (secondary N) is 2. The number of aromatic nitrogens is 2. The summed E-state index contributed by atoms with van der Waals surface area (Å²) in [6.45, 7) is 0. The monoisotopic (exact) mass is 367 g/mol. The average molecular weight is 367 g/mol. The van der Waals surface area contributed by atoms with Gasteiger partial charge in [-0.2, -0.15) is 5.10 Å². The first-order valence-electron chi connectivity index (χ1n) is 8.27. The average Bonchev–Trinajstić information content (AvgIpc) is 3.15. The highest BCUT2D eigenvalue weighted by Crippen LogP contribution is 2.32. The first-order chi connectivity index (χ1) is 12.6. The minimum Gasteiger partial charge on any atom is -0.345 e. The van der Waals surface area contributed by atoms with E-state index in [2.05, 4.69) is 15.5 Å². The number of carbonyl (C=O) groups excluding carboxylic acids is 1. The topological polar surface area (TPSA) is 91.9 Å².